The van der Waals surface area contributed by atoms with Gasteiger partial charge in [0.15, 0.2) is 0 Å². The average molecular weight is 896 g/mol. The van der Waals surface area contributed by atoms with Crippen molar-refractivity contribution >= 4 is 15.9 Å². The molecular weight excluding hydrogens is 847 g/mol. The van der Waals surface area contributed by atoms with E-state index < -0.39 is 118 Å². The number of rotatable bonds is 10. The highest BCUT2D eigenvalue weighted by molar-refractivity contribution is 9.10. The van der Waals surface area contributed by atoms with Crippen molar-refractivity contribution in [3.8, 4) is 23.0 Å². The summed E-state index contributed by atoms with van der Waals surface area (Å²) in [6, 6.07) is 18.4. The average Bonchev–Trinajstić information content (AvgIpc) is 3.23. The van der Waals surface area contributed by atoms with Gasteiger partial charge in [-0.05, 0) is 72.8 Å². The summed E-state index contributed by atoms with van der Waals surface area (Å²) in [7, 11) is 1.54. The van der Waals surface area contributed by atoms with E-state index in [2.05, 4.69) is 15.9 Å². The van der Waals surface area contributed by atoms with Gasteiger partial charge in [0.1, 0.15) is 102 Å². The third kappa shape index (κ3) is 12.4. The monoisotopic (exact) mass is 894 g/mol. The minimum atomic E-state index is -1.50. The summed E-state index contributed by atoms with van der Waals surface area (Å²) in [5.41, 5.74) is 0. The summed E-state index contributed by atoms with van der Waals surface area (Å²) in [5.74, 6) is 1.26. The Morgan fingerprint density at radius 3 is 1.02 bits per heavy atom. The van der Waals surface area contributed by atoms with Crippen LogP contribution in [0.4, 0.5) is 4.39 Å². The molecule has 0 saturated carbocycles. The van der Waals surface area contributed by atoms with E-state index in [0.29, 0.717) is 17.2 Å². The van der Waals surface area contributed by atoms with Crippen LogP contribution in [0.3, 0.4) is 0 Å². The molecule has 3 fully saturated rings. The zero-order chi connectivity index (χ0) is 42.7. The lowest BCUT2D eigenvalue weighted by Crippen LogP contribution is -2.60. The van der Waals surface area contributed by atoms with Gasteiger partial charge in [-0.2, -0.15) is 0 Å². The van der Waals surface area contributed by atoms with Crippen LogP contribution in [-0.2, 0) is 14.2 Å². The molecule has 0 amide bonds. The molecule has 6 rings (SSSR count). The number of aliphatic hydroxyl groups is 12. The quantitative estimate of drug-likeness (QED) is 0.100. The molecule has 3 heterocycles. The number of benzene rings is 3. The van der Waals surface area contributed by atoms with Gasteiger partial charge in [0, 0.05) is 4.47 Å². The van der Waals surface area contributed by atoms with E-state index in [9.17, 15) is 50.3 Å². The summed E-state index contributed by atoms with van der Waals surface area (Å²) in [6.07, 6.45) is -19.5. The molecule has 15 atom stereocenters. The smallest absolute Gasteiger partial charge is 0.229 e. The van der Waals surface area contributed by atoms with Crippen molar-refractivity contribution in [3.05, 3.63) is 83.1 Å². The second kappa shape index (κ2) is 22.3. The first-order valence-corrected chi connectivity index (χ1v) is 18.5. The molecule has 3 aliphatic heterocycles. The van der Waals surface area contributed by atoms with Crippen LogP contribution < -0.4 is 18.9 Å². The van der Waals surface area contributed by atoms with E-state index in [0.717, 1.165) is 4.47 Å². The zero-order valence-corrected chi connectivity index (χ0v) is 32.3. The van der Waals surface area contributed by atoms with Gasteiger partial charge in [-0.15, -0.1) is 0 Å². The maximum Gasteiger partial charge on any atom is 0.229 e. The SMILES string of the molecule is COc1ccc(O[C@@H]2OC(CO)[C@@H](O)[C@H](O)C2O)cc1.OCC1O[C@@H](Oc2ccc(Br)cc2)C(O)[C@@H](O)[C@@H]1O.OCC1O[C@@H](Oc2ccc(F)cc2)C(O)[C@@H](O)[C@@H]1O. The molecule has 3 aliphatic rings. The zero-order valence-electron chi connectivity index (χ0n) is 30.7. The summed E-state index contributed by atoms with van der Waals surface area (Å²) in [4.78, 5) is 0. The Kier molecular flexibility index (Phi) is 18.2. The topological polar surface area (TPSA) is 307 Å². The number of hydrogen-bond donors (Lipinski definition) is 12. The summed E-state index contributed by atoms with van der Waals surface area (Å²) in [5, 5.41) is 114. The predicted octanol–water partition coefficient (Wildman–Crippen LogP) is -2.49. The summed E-state index contributed by atoms with van der Waals surface area (Å²) < 4.78 is 50.2. The molecule has 0 aromatic heterocycles. The van der Waals surface area contributed by atoms with Crippen molar-refractivity contribution < 1.29 is 98.8 Å². The Bertz CT molecular complexity index is 1540. The Balaban J connectivity index is 0.000000193. The van der Waals surface area contributed by atoms with Crippen LogP contribution in [0.5, 0.6) is 23.0 Å². The number of ether oxygens (including phenoxy) is 7. The van der Waals surface area contributed by atoms with E-state index in [4.69, 9.17) is 48.5 Å². The molecule has 3 aromatic rings. The van der Waals surface area contributed by atoms with Gasteiger partial charge in [-0.3, -0.25) is 0 Å². The summed E-state index contributed by atoms with van der Waals surface area (Å²) >= 11 is 3.28. The standard InChI is InChI=1S/C13H18O7.C12H15BrO6.C12H15FO6/c1-18-7-2-4-8(5-3-7)19-13-12(17)11(16)10(15)9(6-14)20-13;2*13-6-1-3-7(4-2-6)18-12-11(17)10(16)9(15)8(5-14)19-12/h2-5,9-17H,6H2,1H3;2*1-4,8-12,14-17H,5H2/t9?,10-,11+,12?,13-;2*8?,9-,10+,11?,12-/m111/s1. The van der Waals surface area contributed by atoms with Crippen LogP contribution in [0.2, 0.25) is 0 Å². The van der Waals surface area contributed by atoms with Gasteiger partial charge in [0.05, 0.1) is 26.9 Å². The number of hydrogen-bond acceptors (Lipinski definition) is 19. The van der Waals surface area contributed by atoms with Crippen molar-refractivity contribution in [2.45, 2.75) is 92.1 Å². The van der Waals surface area contributed by atoms with Crippen LogP contribution in [0.25, 0.3) is 0 Å². The van der Waals surface area contributed by atoms with Crippen LogP contribution in [-0.4, -0.2) is 180 Å². The van der Waals surface area contributed by atoms with E-state index in [-0.39, 0.29) is 5.75 Å². The molecule has 12 N–H and O–H groups in total. The second-order valence-corrected chi connectivity index (χ2v) is 13.9. The van der Waals surface area contributed by atoms with Crippen LogP contribution in [0.15, 0.2) is 77.3 Å². The molecule has 21 heteroatoms. The fraction of sp³-hybridized carbons (Fsp3) is 0.514. The number of aliphatic hydroxyl groups excluding tert-OH is 12. The largest absolute Gasteiger partial charge is 0.497 e. The second-order valence-electron chi connectivity index (χ2n) is 13.0. The maximum absolute atomic E-state index is 12.7. The molecule has 0 spiro atoms. The Hall–Kier alpha value is -3.33. The van der Waals surface area contributed by atoms with E-state index in [1.807, 2.05) is 0 Å². The highest BCUT2D eigenvalue weighted by Gasteiger charge is 2.46. The van der Waals surface area contributed by atoms with Crippen molar-refractivity contribution in [2.24, 2.45) is 0 Å². The van der Waals surface area contributed by atoms with Crippen LogP contribution >= 0.6 is 15.9 Å². The normalized spacial score (nSPS) is 34.6. The predicted molar refractivity (Wildman–Crippen MR) is 197 cm³/mol. The van der Waals surface area contributed by atoms with Gasteiger partial charge in [-0.1, -0.05) is 15.9 Å². The maximum atomic E-state index is 12.7. The first-order valence-electron chi connectivity index (χ1n) is 17.7. The van der Waals surface area contributed by atoms with Crippen molar-refractivity contribution in [3.63, 3.8) is 0 Å². The van der Waals surface area contributed by atoms with Gasteiger partial charge in [-0.25, -0.2) is 4.39 Å². The molecule has 58 heavy (non-hydrogen) atoms. The molecule has 6 unspecified atom stereocenters. The van der Waals surface area contributed by atoms with Crippen molar-refractivity contribution in [2.75, 3.05) is 26.9 Å². The molecule has 0 bridgehead atoms. The van der Waals surface area contributed by atoms with Gasteiger partial charge >= 0.3 is 0 Å². The fourth-order valence-electron chi connectivity index (χ4n) is 5.58. The van der Waals surface area contributed by atoms with Gasteiger partial charge in [0.2, 0.25) is 18.9 Å². The molecule has 19 nitrogen and oxygen atoms in total. The molecule has 0 radical (unpaired) electrons. The minimum Gasteiger partial charge on any atom is -0.497 e. The highest BCUT2D eigenvalue weighted by Crippen LogP contribution is 2.28. The Labute approximate surface area is 339 Å². The van der Waals surface area contributed by atoms with Crippen LogP contribution in [0, 0.1) is 5.82 Å². The summed E-state index contributed by atoms with van der Waals surface area (Å²) in [6.45, 7) is -1.51. The Morgan fingerprint density at radius 1 is 0.448 bits per heavy atom. The molecule has 3 aromatic carbocycles. The first kappa shape index (κ1) is 47.3. The van der Waals surface area contributed by atoms with Crippen molar-refractivity contribution in [1.82, 2.24) is 0 Å². The van der Waals surface area contributed by atoms with E-state index >= 15 is 0 Å². The molecule has 3 saturated heterocycles. The van der Waals surface area contributed by atoms with E-state index in [1.165, 1.54) is 31.4 Å². The number of methoxy groups -OCH3 is 1. The van der Waals surface area contributed by atoms with Crippen LogP contribution in [0.1, 0.15) is 0 Å². The molecule has 0 aliphatic carbocycles. The lowest BCUT2D eigenvalue weighted by atomic mass is 9.99. The van der Waals surface area contributed by atoms with Gasteiger partial charge < -0.3 is 94.4 Å². The molecular formula is C37H48BrFO19. The first-order chi connectivity index (χ1) is 27.6. The number of halogens is 2. The highest BCUT2D eigenvalue weighted by atomic mass is 79.9. The third-order valence-electron chi connectivity index (χ3n) is 8.99. The van der Waals surface area contributed by atoms with Gasteiger partial charge in [0.25, 0.3) is 0 Å². The Morgan fingerprint density at radius 2 is 0.724 bits per heavy atom. The lowest BCUT2D eigenvalue weighted by Gasteiger charge is -2.39. The van der Waals surface area contributed by atoms with E-state index in [1.54, 1.807) is 48.5 Å². The fourth-order valence-corrected chi connectivity index (χ4v) is 5.84. The third-order valence-corrected chi connectivity index (χ3v) is 9.52. The van der Waals surface area contributed by atoms with Crippen molar-refractivity contribution in [1.29, 1.82) is 0 Å². The molecule has 324 valence electrons. The lowest BCUT2D eigenvalue weighted by molar-refractivity contribution is -0.277. The minimum absolute atomic E-state index is 0.228.